The molecule has 1 aromatic carbocycles. The molecule has 1 aromatic rings. The van der Waals surface area contributed by atoms with Gasteiger partial charge in [-0.1, -0.05) is 76.8 Å². The maximum atomic E-state index is 10.9. The van der Waals surface area contributed by atoms with Gasteiger partial charge in [0.2, 0.25) is 0 Å². The summed E-state index contributed by atoms with van der Waals surface area (Å²) in [5.74, 6) is 0.849. The monoisotopic (exact) mass is 514 g/mol. The third-order valence-electron chi connectivity index (χ3n) is 5.86. The van der Waals surface area contributed by atoms with Crippen LogP contribution in [0, 0.1) is 0 Å². The minimum atomic E-state index is -1.97. The highest BCUT2D eigenvalue weighted by Gasteiger charge is 2.15. The van der Waals surface area contributed by atoms with Gasteiger partial charge < -0.3 is 28.7 Å². The number of benzene rings is 1. The van der Waals surface area contributed by atoms with Crippen LogP contribution < -0.4 is 10.1 Å². The Morgan fingerprint density at radius 1 is 0.886 bits per heavy atom. The molecule has 35 heavy (non-hydrogen) atoms. The van der Waals surface area contributed by atoms with Crippen LogP contribution >= 0.6 is 8.60 Å². The number of nitrogens with two attached hydrogens (primary N) is 1. The smallest absolute Gasteiger partial charge is 0.329 e. The second-order valence-corrected chi connectivity index (χ2v) is 10.00. The SMILES string of the molecule is CCCCCCCCCCCCOc1ccc(CC(COP(O)OCCCC[NH2+]C)OC=O)cc1. The topological polar surface area (TPSA) is 90.8 Å². The van der Waals surface area contributed by atoms with E-state index in [4.69, 9.17) is 18.5 Å². The maximum Gasteiger partial charge on any atom is 0.329 e. The average Bonchev–Trinajstić information content (AvgIpc) is 2.87. The Morgan fingerprint density at radius 3 is 2.14 bits per heavy atom. The number of carbonyl (C=O) groups excluding carboxylic acids is 1. The van der Waals surface area contributed by atoms with Gasteiger partial charge in [-0.25, -0.2) is 0 Å². The molecule has 0 aromatic heterocycles. The first kappa shape index (κ1) is 31.8. The molecule has 0 aliphatic rings. The van der Waals surface area contributed by atoms with Gasteiger partial charge in [0.15, 0.2) is 0 Å². The Morgan fingerprint density at radius 2 is 1.51 bits per heavy atom. The Kier molecular flexibility index (Phi) is 21.1. The van der Waals surface area contributed by atoms with Crippen molar-refractivity contribution < 1.29 is 33.5 Å². The quantitative estimate of drug-likeness (QED) is 0.105. The summed E-state index contributed by atoms with van der Waals surface area (Å²) in [4.78, 5) is 20.8. The molecular formula is C27H49NO6P+. The average molecular weight is 515 g/mol. The van der Waals surface area contributed by atoms with Crippen LogP contribution in [0.1, 0.15) is 89.5 Å². The highest BCUT2D eigenvalue weighted by molar-refractivity contribution is 7.40. The molecule has 0 saturated carbocycles. The molecule has 2 unspecified atom stereocenters. The zero-order chi connectivity index (χ0) is 25.4. The standard InChI is InChI=1S/C27H48NO6P/c1-3-4-5-6-7-8-9-10-11-13-20-31-26-17-15-25(16-18-26)22-27(32-24-29)23-34-35(30)33-21-14-12-19-28-2/h15-18,24,27-28,30H,3-14,19-23H2,1-2H3/p+1. The normalized spacial score (nSPS) is 12.9. The lowest BCUT2D eigenvalue weighted by Gasteiger charge is -2.17. The first-order valence-electron chi connectivity index (χ1n) is 13.5. The Hall–Kier alpha value is -1.24. The van der Waals surface area contributed by atoms with Gasteiger partial charge in [0.1, 0.15) is 11.9 Å². The second kappa shape index (κ2) is 23.2. The van der Waals surface area contributed by atoms with Gasteiger partial charge in [-0.15, -0.1) is 0 Å². The summed E-state index contributed by atoms with van der Waals surface area (Å²) in [6, 6.07) is 7.83. The fraction of sp³-hybridized carbons (Fsp3) is 0.741. The largest absolute Gasteiger partial charge is 0.494 e. The number of quaternary nitrogens is 1. The highest BCUT2D eigenvalue weighted by Crippen LogP contribution is 2.33. The van der Waals surface area contributed by atoms with Gasteiger partial charge in [-0.2, -0.15) is 0 Å². The second-order valence-electron chi connectivity index (χ2n) is 9.00. The molecule has 1 rings (SSSR count). The zero-order valence-corrected chi connectivity index (χ0v) is 22.9. The van der Waals surface area contributed by atoms with Crippen LogP contribution in [0.25, 0.3) is 0 Å². The molecule has 0 fully saturated rings. The molecule has 0 amide bonds. The number of unbranched alkanes of at least 4 members (excludes halogenated alkanes) is 10. The molecule has 0 saturated heterocycles. The van der Waals surface area contributed by atoms with E-state index >= 15 is 0 Å². The fourth-order valence-electron chi connectivity index (χ4n) is 3.77. The van der Waals surface area contributed by atoms with E-state index in [-0.39, 0.29) is 6.61 Å². The summed E-state index contributed by atoms with van der Waals surface area (Å²) in [7, 11) is 0.0556. The van der Waals surface area contributed by atoms with Crippen LogP contribution in [0.5, 0.6) is 5.75 Å². The molecule has 0 aliphatic carbocycles. The van der Waals surface area contributed by atoms with Crippen molar-refractivity contribution in [2.24, 2.45) is 0 Å². The van der Waals surface area contributed by atoms with Crippen molar-refractivity contribution in [1.29, 1.82) is 0 Å². The van der Waals surface area contributed by atoms with Gasteiger partial charge in [0.05, 0.1) is 33.4 Å². The van der Waals surface area contributed by atoms with E-state index in [1.807, 2.05) is 31.3 Å². The predicted octanol–water partition coefficient (Wildman–Crippen LogP) is 5.30. The lowest BCUT2D eigenvalue weighted by Crippen LogP contribution is -2.79. The first-order chi connectivity index (χ1) is 17.2. The Balaban J connectivity index is 2.17. The van der Waals surface area contributed by atoms with E-state index in [0.29, 0.717) is 19.5 Å². The zero-order valence-electron chi connectivity index (χ0n) is 22.0. The summed E-state index contributed by atoms with van der Waals surface area (Å²) in [5, 5.41) is 2.11. The number of ether oxygens (including phenoxy) is 2. The molecule has 0 radical (unpaired) electrons. The third kappa shape index (κ3) is 18.7. The summed E-state index contributed by atoms with van der Waals surface area (Å²) >= 11 is 0. The van der Waals surface area contributed by atoms with Crippen LogP contribution in [-0.4, -0.2) is 50.9 Å². The molecule has 0 aliphatic heterocycles. The highest BCUT2D eigenvalue weighted by atomic mass is 31.2. The number of hydrogen-bond acceptors (Lipinski definition) is 6. The fourth-order valence-corrected chi connectivity index (χ4v) is 4.42. The van der Waals surface area contributed by atoms with Crippen LogP contribution in [-0.2, 0) is 25.0 Å². The van der Waals surface area contributed by atoms with Gasteiger partial charge >= 0.3 is 8.60 Å². The molecule has 8 heteroatoms. The lowest BCUT2D eigenvalue weighted by atomic mass is 10.1. The molecule has 7 nitrogen and oxygen atoms in total. The molecule has 202 valence electrons. The number of carbonyl (C=O) groups is 1. The molecule has 0 heterocycles. The van der Waals surface area contributed by atoms with Crippen molar-refractivity contribution in [1.82, 2.24) is 0 Å². The summed E-state index contributed by atoms with van der Waals surface area (Å²) in [5.41, 5.74) is 1.01. The summed E-state index contributed by atoms with van der Waals surface area (Å²) in [6.45, 7) is 4.98. The van der Waals surface area contributed by atoms with Crippen molar-refractivity contribution in [3.63, 3.8) is 0 Å². The molecule has 0 bridgehead atoms. The van der Waals surface area contributed by atoms with E-state index in [9.17, 15) is 9.69 Å². The number of rotatable bonds is 25. The maximum absolute atomic E-state index is 10.9. The van der Waals surface area contributed by atoms with E-state index < -0.39 is 14.7 Å². The van der Waals surface area contributed by atoms with E-state index in [1.165, 1.54) is 57.8 Å². The molecule has 2 atom stereocenters. The van der Waals surface area contributed by atoms with Crippen molar-refractivity contribution in [2.45, 2.75) is 96.5 Å². The third-order valence-corrected chi connectivity index (χ3v) is 6.63. The molecular weight excluding hydrogens is 465 g/mol. The predicted molar refractivity (Wildman–Crippen MR) is 141 cm³/mol. The van der Waals surface area contributed by atoms with E-state index in [2.05, 4.69) is 12.2 Å². The van der Waals surface area contributed by atoms with Crippen molar-refractivity contribution >= 4 is 15.1 Å². The minimum Gasteiger partial charge on any atom is -0.494 e. The lowest BCUT2D eigenvalue weighted by molar-refractivity contribution is -0.627. The van der Waals surface area contributed by atoms with Crippen LogP contribution in [0.15, 0.2) is 24.3 Å². The van der Waals surface area contributed by atoms with Gasteiger partial charge in [-0.05, 0) is 37.0 Å². The molecule has 3 N–H and O–H groups in total. The summed E-state index contributed by atoms with van der Waals surface area (Å²) in [6.07, 6.45) is 15.0. The molecule has 0 spiro atoms. The first-order valence-corrected chi connectivity index (χ1v) is 14.7. The summed E-state index contributed by atoms with van der Waals surface area (Å²) < 4.78 is 21.7. The Bertz CT molecular complexity index is 604. The van der Waals surface area contributed by atoms with E-state index in [0.717, 1.165) is 43.7 Å². The van der Waals surface area contributed by atoms with Crippen molar-refractivity contribution in [3.8, 4) is 5.75 Å². The van der Waals surface area contributed by atoms with Crippen LogP contribution in [0.4, 0.5) is 0 Å². The van der Waals surface area contributed by atoms with Crippen molar-refractivity contribution in [3.05, 3.63) is 29.8 Å². The van der Waals surface area contributed by atoms with Crippen LogP contribution in [0.3, 0.4) is 0 Å². The van der Waals surface area contributed by atoms with E-state index in [1.54, 1.807) is 0 Å². The van der Waals surface area contributed by atoms with Gasteiger partial charge in [0, 0.05) is 6.42 Å². The number of hydrogen-bond donors (Lipinski definition) is 2. The van der Waals surface area contributed by atoms with Gasteiger partial charge in [-0.3, -0.25) is 4.79 Å². The van der Waals surface area contributed by atoms with Crippen LogP contribution in [0.2, 0.25) is 0 Å². The Labute approximate surface area is 214 Å². The van der Waals surface area contributed by atoms with Crippen molar-refractivity contribution in [2.75, 3.05) is 33.4 Å². The van der Waals surface area contributed by atoms with Gasteiger partial charge in [0.25, 0.3) is 6.47 Å². The minimum absolute atomic E-state index is 0.0840.